The minimum atomic E-state index is 0.644. The summed E-state index contributed by atoms with van der Waals surface area (Å²) in [5.41, 5.74) is 1.92. The number of hydrogen-bond acceptors (Lipinski definition) is 2. The minimum absolute atomic E-state index is 0.644. The van der Waals surface area contributed by atoms with Crippen LogP contribution in [0.3, 0.4) is 0 Å². The van der Waals surface area contributed by atoms with Gasteiger partial charge in [0, 0.05) is 17.6 Å². The first-order valence-corrected chi connectivity index (χ1v) is 6.21. The normalized spacial score (nSPS) is 11.0. The lowest BCUT2D eigenvalue weighted by Crippen LogP contribution is -1.91. The molecule has 3 nitrogen and oxygen atoms in total. The molecule has 0 atom stereocenters. The van der Waals surface area contributed by atoms with Gasteiger partial charge in [0.2, 0.25) is 0 Å². The maximum Gasteiger partial charge on any atom is 0.156 e. The molecule has 0 aliphatic carbocycles. The number of hydrogen-bond donors (Lipinski definition) is 0. The number of fused-ring (bicyclic) bond motifs is 1. The number of halogens is 2. The summed E-state index contributed by atoms with van der Waals surface area (Å²) in [5, 5.41) is 5.75. The van der Waals surface area contributed by atoms with Gasteiger partial charge in [0.1, 0.15) is 0 Å². The van der Waals surface area contributed by atoms with Crippen LogP contribution in [0.1, 0.15) is 11.4 Å². The molecule has 3 aromatic rings. The molecule has 0 saturated carbocycles. The summed E-state index contributed by atoms with van der Waals surface area (Å²) in [4.78, 5) is 4.43. The van der Waals surface area contributed by atoms with Crippen LogP contribution in [0, 0.1) is 0 Å². The SMILES string of the molecule is Clc1ccc(Cc2nc3ccc(Cl)cn3n2)cc1. The Morgan fingerprint density at radius 3 is 2.44 bits per heavy atom. The van der Waals surface area contributed by atoms with Gasteiger partial charge in [0.25, 0.3) is 0 Å². The molecule has 0 N–H and O–H groups in total. The molecule has 2 aromatic heterocycles. The summed E-state index contributed by atoms with van der Waals surface area (Å²) in [6.45, 7) is 0. The number of nitrogens with zero attached hydrogens (tertiary/aromatic N) is 3. The summed E-state index contributed by atoms with van der Waals surface area (Å²) in [6.07, 6.45) is 2.42. The van der Waals surface area contributed by atoms with Crippen LogP contribution in [-0.4, -0.2) is 14.6 Å². The molecule has 3 rings (SSSR count). The molecule has 0 fully saturated rings. The van der Waals surface area contributed by atoms with Gasteiger partial charge in [0.15, 0.2) is 11.5 Å². The molecule has 0 radical (unpaired) electrons. The summed E-state index contributed by atoms with van der Waals surface area (Å²) in [5.74, 6) is 0.764. The zero-order valence-corrected chi connectivity index (χ0v) is 10.9. The molecule has 0 spiro atoms. The van der Waals surface area contributed by atoms with E-state index in [1.165, 1.54) is 0 Å². The average molecular weight is 278 g/mol. The molecule has 0 bridgehead atoms. The van der Waals surface area contributed by atoms with Gasteiger partial charge in [0.05, 0.1) is 5.02 Å². The Morgan fingerprint density at radius 1 is 0.944 bits per heavy atom. The fourth-order valence-electron chi connectivity index (χ4n) is 1.76. The van der Waals surface area contributed by atoms with Crippen molar-refractivity contribution in [3.8, 4) is 0 Å². The van der Waals surface area contributed by atoms with Crippen LogP contribution in [-0.2, 0) is 6.42 Å². The molecule has 18 heavy (non-hydrogen) atoms. The number of rotatable bonds is 2. The predicted octanol–water partition coefficient (Wildman–Crippen LogP) is 3.63. The molecule has 0 saturated heterocycles. The summed E-state index contributed by atoms with van der Waals surface area (Å²) in [7, 11) is 0. The molecule has 90 valence electrons. The number of aromatic nitrogens is 3. The first-order valence-electron chi connectivity index (χ1n) is 5.46. The van der Waals surface area contributed by atoms with E-state index < -0.39 is 0 Å². The van der Waals surface area contributed by atoms with Gasteiger partial charge in [-0.05, 0) is 29.8 Å². The van der Waals surface area contributed by atoms with Gasteiger partial charge in [-0.3, -0.25) is 0 Å². The zero-order chi connectivity index (χ0) is 12.5. The fraction of sp³-hybridized carbons (Fsp3) is 0.0769. The van der Waals surface area contributed by atoms with Crippen LogP contribution in [0.15, 0.2) is 42.6 Å². The topological polar surface area (TPSA) is 30.2 Å². The average Bonchev–Trinajstić information content (AvgIpc) is 2.73. The molecular formula is C13H9Cl2N3. The first kappa shape index (κ1) is 11.5. The highest BCUT2D eigenvalue weighted by molar-refractivity contribution is 6.30. The maximum absolute atomic E-state index is 5.90. The third kappa shape index (κ3) is 2.33. The molecule has 0 aliphatic heterocycles. The minimum Gasteiger partial charge on any atom is -0.219 e. The van der Waals surface area contributed by atoms with Crippen LogP contribution in [0.2, 0.25) is 10.0 Å². The molecule has 0 aliphatic rings. The Bertz CT molecular complexity index is 689. The van der Waals surface area contributed by atoms with Crippen molar-refractivity contribution in [2.75, 3.05) is 0 Å². The number of benzene rings is 1. The summed E-state index contributed by atoms with van der Waals surface area (Å²) < 4.78 is 1.69. The third-order valence-corrected chi connectivity index (χ3v) is 3.09. The van der Waals surface area contributed by atoms with E-state index in [4.69, 9.17) is 23.2 Å². The van der Waals surface area contributed by atoms with Crippen LogP contribution in [0.5, 0.6) is 0 Å². The monoisotopic (exact) mass is 277 g/mol. The largest absolute Gasteiger partial charge is 0.219 e. The Morgan fingerprint density at radius 2 is 1.67 bits per heavy atom. The molecule has 2 heterocycles. The Balaban J connectivity index is 1.92. The fourth-order valence-corrected chi connectivity index (χ4v) is 2.05. The van der Waals surface area contributed by atoms with E-state index in [1.54, 1.807) is 16.8 Å². The van der Waals surface area contributed by atoms with E-state index in [0.29, 0.717) is 11.4 Å². The Labute approximate surface area is 114 Å². The van der Waals surface area contributed by atoms with Crippen molar-refractivity contribution in [3.05, 3.63) is 64.0 Å². The van der Waals surface area contributed by atoms with E-state index in [-0.39, 0.29) is 0 Å². The van der Waals surface area contributed by atoms with Crippen molar-refractivity contribution in [2.45, 2.75) is 6.42 Å². The molecule has 0 amide bonds. The molecule has 5 heteroatoms. The summed E-state index contributed by atoms with van der Waals surface area (Å²) in [6, 6.07) is 11.3. The quantitative estimate of drug-likeness (QED) is 0.716. The lowest BCUT2D eigenvalue weighted by Gasteiger charge is -1.96. The van der Waals surface area contributed by atoms with Crippen LogP contribution in [0.25, 0.3) is 5.65 Å². The van der Waals surface area contributed by atoms with E-state index in [9.17, 15) is 0 Å². The van der Waals surface area contributed by atoms with Gasteiger partial charge in [-0.25, -0.2) is 9.50 Å². The van der Waals surface area contributed by atoms with E-state index in [0.717, 1.165) is 22.1 Å². The second kappa shape index (κ2) is 4.59. The van der Waals surface area contributed by atoms with Gasteiger partial charge >= 0.3 is 0 Å². The molecular weight excluding hydrogens is 269 g/mol. The lowest BCUT2D eigenvalue weighted by molar-refractivity contribution is 0.900. The Hall–Kier alpha value is -1.58. The van der Waals surface area contributed by atoms with Gasteiger partial charge < -0.3 is 0 Å². The van der Waals surface area contributed by atoms with Crippen molar-refractivity contribution in [3.63, 3.8) is 0 Å². The first-order chi connectivity index (χ1) is 8.70. The van der Waals surface area contributed by atoms with Crippen LogP contribution < -0.4 is 0 Å². The standard InChI is InChI=1S/C13H9Cl2N3/c14-10-3-1-9(2-4-10)7-12-16-13-6-5-11(15)8-18(13)17-12/h1-6,8H,7H2. The smallest absolute Gasteiger partial charge is 0.156 e. The van der Waals surface area contributed by atoms with Crippen LogP contribution in [0.4, 0.5) is 0 Å². The van der Waals surface area contributed by atoms with Gasteiger partial charge in [-0.15, -0.1) is 0 Å². The molecule has 1 aromatic carbocycles. The lowest BCUT2D eigenvalue weighted by atomic mass is 10.1. The van der Waals surface area contributed by atoms with E-state index in [1.807, 2.05) is 30.3 Å². The third-order valence-electron chi connectivity index (χ3n) is 2.61. The Kier molecular flexibility index (Phi) is 2.94. The van der Waals surface area contributed by atoms with E-state index in [2.05, 4.69) is 10.1 Å². The van der Waals surface area contributed by atoms with Crippen molar-refractivity contribution < 1.29 is 0 Å². The highest BCUT2D eigenvalue weighted by Crippen LogP contribution is 2.14. The van der Waals surface area contributed by atoms with Crippen molar-refractivity contribution >= 4 is 28.8 Å². The van der Waals surface area contributed by atoms with Crippen LogP contribution >= 0.6 is 23.2 Å². The second-order valence-electron chi connectivity index (χ2n) is 3.98. The van der Waals surface area contributed by atoms with Gasteiger partial charge in [-0.1, -0.05) is 35.3 Å². The van der Waals surface area contributed by atoms with Crippen molar-refractivity contribution in [1.82, 2.24) is 14.6 Å². The second-order valence-corrected chi connectivity index (χ2v) is 4.85. The van der Waals surface area contributed by atoms with Crippen molar-refractivity contribution in [1.29, 1.82) is 0 Å². The van der Waals surface area contributed by atoms with Gasteiger partial charge in [-0.2, -0.15) is 5.10 Å². The highest BCUT2D eigenvalue weighted by Gasteiger charge is 2.05. The highest BCUT2D eigenvalue weighted by atomic mass is 35.5. The molecule has 0 unspecified atom stereocenters. The van der Waals surface area contributed by atoms with Crippen molar-refractivity contribution in [2.24, 2.45) is 0 Å². The zero-order valence-electron chi connectivity index (χ0n) is 9.35. The maximum atomic E-state index is 5.90. The predicted molar refractivity (Wildman–Crippen MR) is 72.3 cm³/mol. The van der Waals surface area contributed by atoms with E-state index >= 15 is 0 Å². The number of pyridine rings is 1. The summed E-state index contributed by atoms with van der Waals surface area (Å²) >= 11 is 11.7.